The smallest absolute Gasteiger partial charge is 0.337 e. The van der Waals surface area contributed by atoms with E-state index in [9.17, 15) is 9.59 Å². The molecular weight excluding hydrogens is 368 g/mol. The average molecular weight is 390 g/mol. The first-order valence-electron chi connectivity index (χ1n) is 9.09. The van der Waals surface area contributed by atoms with Crippen molar-refractivity contribution < 1.29 is 14.3 Å². The zero-order valence-electron chi connectivity index (χ0n) is 16.5. The fourth-order valence-electron chi connectivity index (χ4n) is 2.79. The molecule has 7 nitrogen and oxygen atoms in total. The van der Waals surface area contributed by atoms with Gasteiger partial charge in [0.1, 0.15) is 17.3 Å². The minimum Gasteiger partial charge on any atom is -0.465 e. The van der Waals surface area contributed by atoms with Gasteiger partial charge in [0.15, 0.2) is 0 Å². The van der Waals surface area contributed by atoms with Crippen molar-refractivity contribution in [3.63, 3.8) is 0 Å². The van der Waals surface area contributed by atoms with Crippen LogP contribution < -0.4 is 10.6 Å². The molecule has 3 rings (SSSR count). The number of anilines is 2. The molecule has 0 aliphatic heterocycles. The molecule has 148 valence electrons. The Balaban J connectivity index is 1.69. The van der Waals surface area contributed by atoms with Crippen LogP contribution >= 0.6 is 0 Å². The molecule has 0 bridgehead atoms. The third kappa shape index (κ3) is 5.38. The Kier molecular flexibility index (Phi) is 6.19. The van der Waals surface area contributed by atoms with Gasteiger partial charge in [-0.1, -0.05) is 29.8 Å². The highest BCUT2D eigenvalue weighted by molar-refractivity contribution is 6.03. The van der Waals surface area contributed by atoms with Gasteiger partial charge in [0.2, 0.25) is 0 Å². The molecule has 0 radical (unpaired) electrons. The number of amides is 1. The molecule has 1 heterocycles. The van der Waals surface area contributed by atoms with Crippen LogP contribution in [0.25, 0.3) is 0 Å². The van der Waals surface area contributed by atoms with Crippen molar-refractivity contribution in [1.82, 2.24) is 9.97 Å². The van der Waals surface area contributed by atoms with Crippen LogP contribution in [0, 0.1) is 13.8 Å². The van der Waals surface area contributed by atoms with Crippen LogP contribution in [0.3, 0.4) is 0 Å². The number of aryl methyl sites for hydroxylation is 2. The van der Waals surface area contributed by atoms with Crippen LogP contribution in [0.2, 0.25) is 0 Å². The molecule has 0 fully saturated rings. The SMILES string of the molecule is COC(=O)c1ccc(NC(=O)c2cc(NCc3cccc(C)c3)nc(C)n2)cc1. The Morgan fingerprint density at radius 1 is 1.00 bits per heavy atom. The predicted molar refractivity (Wildman–Crippen MR) is 111 cm³/mol. The van der Waals surface area contributed by atoms with Gasteiger partial charge < -0.3 is 15.4 Å². The molecule has 0 aliphatic rings. The van der Waals surface area contributed by atoms with E-state index in [1.165, 1.54) is 12.7 Å². The highest BCUT2D eigenvalue weighted by Gasteiger charge is 2.12. The van der Waals surface area contributed by atoms with Gasteiger partial charge in [-0.25, -0.2) is 14.8 Å². The number of nitrogens with zero attached hydrogens (tertiary/aromatic N) is 2. The first kappa shape index (κ1) is 20.0. The van der Waals surface area contributed by atoms with Crippen molar-refractivity contribution in [2.45, 2.75) is 20.4 Å². The van der Waals surface area contributed by atoms with Crippen molar-refractivity contribution >= 4 is 23.4 Å². The van der Waals surface area contributed by atoms with Crippen molar-refractivity contribution in [1.29, 1.82) is 0 Å². The van der Waals surface area contributed by atoms with Crippen LogP contribution in [0.5, 0.6) is 0 Å². The summed E-state index contributed by atoms with van der Waals surface area (Å²) in [7, 11) is 1.32. The number of carbonyl (C=O) groups is 2. The normalized spacial score (nSPS) is 10.3. The van der Waals surface area contributed by atoms with Gasteiger partial charge in [-0.15, -0.1) is 0 Å². The standard InChI is InChI=1S/C22H22N4O3/c1-14-5-4-6-16(11-14)13-23-20-12-19(24-15(2)25-20)21(27)26-18-9-7-17(8-10-18)22(28)29-3/h4-12H,13H2,1-3H3,(H,26,27)(H,23,24,25). The molecule has 0 saturated heterocycles. The van der Waals surface area contributed by atoms with Gasteiger partial charge in [0.05, 0.1) is 12.7 Å². The lowest BCUT2D eigenvalue weighted by molar-refractivity contribution is 0.0600. The second-order valence-corrected chi connectivity index (χ2v) is 6.55. The van der Waals surface area contributed by atoms with E-state index in [0.717, 1.165) is 5.56 Å². The van der Waals surface area contributed by atoms with E-state index in [1.54, 1.807) is 37.3 Å². The Morgan fingerprint density at radius 2 is 1.76 bits per heavy atom. The zero-order chi connectivity index (χ0) is 20.8. The number of carbonyl (C=O) groups excluding carboxylic acids is 2. The maximum atomic E-state index is 12.6. The molecule has 2 aromatic carbocycles. The molecule has 0 saturated carbocycles. The van der Waals surface area contributed by atoms with Crippen LogP contribution in [0.4, 0.5) is 11.5 Å². The van der Waals surface area contributed by atoms with Crippen LogP contribution in [-0.4, -0.2) is 29.0 Å². The third-order valence-electron chi connectivity index (χ3n) is 4.19. The van der Waals surface area contributed by atoms with E-state index in [2.05, 4.69) is 31.4 Å². The Hall–Kier alpha value is -3.74. The molecule has 29 heavy (non-hydrogen) atoms. The number of methoxy groups -OCH3 is 1. The summed E-state index contributed by atoms with van der Waals surface area (Å²) in [5, 5.41) is 6.00. The van der Waals surface area contributed by atoms with Crippen molar-refractivity contribution in [2.24, 2.45) is 0 Å². The number of rotatable bonds is 6. The lowest BCUT2D eigenvalue weighted by Crippen LogP contribution is -2.16. The second kappa shape index (κ2) is 8.97. The number of nitrogens with one attached hydrogen (secondary N) is 2. The van der Waals surface area contributed by atoms with Crippen LogP contribution in [0.15, 0.2) is 54.6 Å². The van der Waals surface area contributed by atoms with Gasteiger partial charge in [0.25, 0.3) is 5.91 Å². The molecule has 1 aromatic heterocycles. The van der Waals surface area contributed by atoms with E-state index >= 15 is 0 Å². The monoisotopic (exact) mass is 390 g/mol. The predicted octanol–water partition coefficient (Wildman–Crippen LogP) is 3.74. The van der Waals surface area contributed by atoms with Crippen molar-refractivity contribution in [2.75, 3.05) is 17.7 Å². The molecule has 7 heteroatoms. The molecule has 0 atom stereocenters. The number of aromatic nitrogens is 2. The maximum Gasteiger partial charge on any atom is 0.337 e. The van der Waals surface area contributed by atoms with Gasteiger partial charge in [-0.05, 0) is 43.7 Å². The van der Waals surface area contributed by atoms with Gasteiger partial charge in [-0.3, -0.25) is 4.79 Å². The van der Waals surface area contributed by atoms with Gasteiger partial charge in [-0.2, -0.15) is 0 Å². The molecular formula is C22H22N4O3. The van der Waals surface area contributed by atoms with Crippen molar-refractivity contribution in [3.8, 4) is 0 Å². The first-order chi connectivity index (χ1) is 13.9. The Bertz CT molecular complexity index is 1030. The second-order valence-electron chi connectivity index (χ2n) is 6.55. The summed E-state index contributed by atoms with van der Waals surface area (Å²) >= 11 is 0. The molecule has 0 aliphatic carbocycles. The maximum absolute atomic E-state index is 12.6. The Labute approximate surface area is 169 Å². The van der Waals surface area contributed by atoms with E-state index < -0.39 is 5.97 Å². The van der Waals surface area contributed by atoms with Gasteiger partial charge >= 0.3 is 5.97 Å². The summed E-state index contributed by atoms with van der Waals surface area (Å²) in [6.07, 6.45) is 0. The number of hydrogen-bond donors (Lipinski definition) is 2. The molecule has 3 aromatic rings. The number of esters is 1. The number of ether oxygens (including phenoxy) is 1. The Morgan fingerprint density at radius 3 is 2.45 bits per heavy atom. The van der Waals surface area contributed by atoms with E-state index in [4.69, 9.17) is 0 Å². The molecule has 0 spiro atoms. The number of benzene rings is 2. The van der Waals surface area contributed by atoms with Crippen LogP contribution in [-0.2, 0) is 11.3 Å². The summed E-state index contributed by atoms with van der Waals surface area (Å²) in [4.78, 5) is 32.7. The van der Waals surface area contributed by atoms with E-state index in [-0.39, 0.29) is 11.6 Å². The minimum atomic E-state index is -0.432. The largest absolute Gasteiger partial charge is 0.465 e. The molecule has 0 unspecified atom stereocenters. The lowest BCUT2D eigenvalue weighted by atomic mass is 10.1. The minimum absolute atomic E-state index is 0.251. The topological polar surface area (TPSA) is 93.2 Å². The lowest BCUT2D eigenvalue weighted by Gasteiger charge is -2.10. The van der Waals surface area contributed by atoms with E-state index in [0.29, 0.717) is 29.4 Å². The highest BCUT2D eigenvalue weighted by atomic mass is 16.5. The number of hydrogen-bond acceptors (Lipinski definition) is 6. The summed E-state index contributed by atoms with van der Waals surface area (Å²) in [5.74, 6) is 0.272. The fourth-order valence-corrected chi connectivity index (χ4v) is 2.79. The third-order valence-corrected chi connectivity index (χ3v) is 4.19. The first-order valence-corrected chi connectivity index (χ1v) is 9.09. The average Bonchev–Trinajstić information content (AvgIpc) is 2.72. The highest BCUT2D eigenvalue weighted by Crippen LogP contribution is 2.14. The van der Waals surface area contributed by atoms with Gasteiger partial charge in [0, 0.05) is 18.3 Å². The summed E-state index contributed by atoms with van der Waals surface area (Å²) < 4.78 is 4.66. The molecule has 2 N–H and O–H groups in total. The van der Waals surface area contributed by atoms with Crippen LogP contribution in [0.1, 0.15) is 37.8 Å². The van der Waals surface area contributed by atoms with Crippen molar-refractivity contribution in [3.05, 3.63) is 82.8 Å². The quantitative estimate of drug-likeness (QED) is 0.623. The summed E-state index contributed by atoms with van der Waals surface area (Å²) in [6.45, 7) is 4.37. The molecule has 1 amide bonds. The fraction of sp³-hybridized carbons (Fsp3) is 0.182. The zero-order valence-corrected chi connectivity index (χ0v) is 16.5. The summed E-state index contributed by atoms with van der Waals surface area (Å²) in [5.41, 5.74) is 3.51. The van der Waals surface area contributed by atoms with E-state index in [1.807, 2.05) is 25.1 Å². The summed E-state index contributed by atoms with van der Waals surface area (Å²) in [6, 6.07) is 16.2.